The standard InChI is InChI=1S/C16H25NO3S/c1-13(2)20-16-8-10-17(11-9-16)21(18,19)12-15-7-5-4-6-14(15)3/h4-7,13,16H,8-12H2,1-3H3. The van der Waals surface area contributed by atoms with Crippen LogP contribution in [-0.2, 0) is 20.5 Å². The molecule has 1 aliphatic rings. The van der Waals surface area contributed by atoms with Gasteiger partial charge in [0.1, 0.15) is 0 Å². The molecule has 1 fully saturated rings. The summed E-state index contributed by atoms with van der Waals surface area (Å²) in [5.74, 6) is 0.0926. The van der Waals surface area contributed by atoms with Gasteiger partial charge in [0.05, 0.1) is 18.0 Å². The van der Waals surface area contributed by atoms with Crippen molar-refractivity contribution in [1.29, 1.82) is 0 Å². The van der Waals surface area contributed by atoms with Crippen molar-refractivity contribution in [3.63, 3.8) is 0 Å². The van der Waals surface area contributed by atoms with Crippen molar-refractivity contribution < 1.29 is 13.2 Å². The van der Waals surface area contributed by atoms with E-state index in [4.69, 9.17) is 4.74 Å². The Balaban J connectivity index is 1.97. The van der Waals surface area contributed by atoms with E-state index in [-0.39, 0.29) is 18.0 Å². The summed E-state index contributed by atoms with van der Waals surface area (Å²) >= 11 is 0. The molecule has 1 aliphatic heterocycles. The van der Waals surface area contributed by atoms with Gasteiger partial charge in [0.2, 0.25) is 10.0 Å². The normalized spacial score (nSPS) is 18.3. The molecule has 4 nitrogen and oxygen atoms in total. The van der Waals surface area contributed by atoms with E-state index in [1.807, 2.05) is 45.0 Å². The largest absolute Gasteiger partial charge is 0.375 e. The van der Waals surface area contributed by atoms with E-state index in [9.17, 15) is 8.42 Å². The maximum absolute atomic E-state index is 12.5. The van der Waals surface area contributed by atoms with Crippen molar-refractivity contribution in [1.82, 2.24) is 4.31 Å². The summed E-state index contributed by atoms with van der Waals surface area (Å²) in [5, 5.41) is 0. The van der Waals surface area contributed by atoms with Crippen LogP contribution in [0.15, 0.2) is 24.3 Å². The van der Waals surface area contributed by atoms with Crippen LogP contribution < -0.4 is 0 Å². The van der Waals surface area contributed by atoms with Crippen LogP contribution in [0.1, 0.15) is 37.8 Å². The molecule has 2 rings (SSSR count). The number of benzene rings is 1. The van der Waals surface area contributed by atoms with Gasteiger partial charge in [-0.05, 0) is 44.7 Å². The maximum Gasteiger partial charge on any atom is 0.218 e. The van der Waals surface area contributed by atoms with Crippen molar-refractivity contribution in [3.05, 3.63) is 35.4 Å². The van der Waals surface area contributed by atoms with E-state index in [1.54, 1.807) is 4.31 Å². The Bertz CT molecular complexity index is 561. The fourth-order valence-electron chi connectivity index (χ4n) is 2.69. The number of hydrogen-bond acceptors (Lipinski definition) is 3. The van der Waals surface area contributed by atoms with Crippen LogP contribution in [0.5, 0.6) is 0 Å². The number of rotatable bonds is 5. The van der Waals surface area contributed by atoms with E-state index < -0.39 is 10.0 Å². The van der Waals surface area contributed by atoms with Gasteiger partial charge < -0.3 is 4.74 Å². The molecule has 0 aromatic heterocycles. The molecule has 1 aromatic carbocycles. The number of piperidine rings is 1. The molecule has 0 bridgehead atoms. The first kappa shape index (κ1) is 16.5. The lowest BCUT2D eigenvalue weighted by Gasteiger charge is -2.32. The molecular weight excluding hydrogens is 286 g/mol. The van der Waals surface area contributed by atoms with Crippen molar-refractivity contribution in [2.24, 2.45) is 0 Å². The Morgan fingerprint density at radius 1 is 1.24 bits per heavy atom. The molecular formula is C16H25NO3S. The summed E-state index contributed by atoms with van der Waals surface area (Å²) in [5.41, 5.74) is 1.91. The highest BCUT2D eigenvalue weighted by Gasteiger charge is 2.29. The molecule has 0 N–H and O–H groups in total. The monoisotopic (exact) mass is 311 g/mol. The summed E-state index contributed by atoms with van der Waals surface area (Å²) in [6.07, 6.45) is 1.95. The molecule has 0 unspecified atom stereocenters. The molecule has 21 heavy (non-hydrogen) atoms. The van der Waals surface area contributed by atoms with Crippen molar-refractivity contribution in [2.45, 2.75) is 51.6 Å². The van der Waals surface area contributed by atoms with Gasteiger partial charge in [-0.2, -0.15) is 0 Å². The second-order valence-electron chi connectivity index (χ2n) is 5.97. The topological polar surface area (TPSA) is 46.6 Å². The molecule has 1 saturated heterocycles. The van der Waals surface area contributed by atoms with E-state index in [0.29, 0.717) is 13.1 Å². The van der Waals surface area contributed by atoms with Crippen molar-refractivity contribution >= 4 is 10.0 Å². The van der Waals surface area contributed by atoms with Gasteiger partial charge in [-0.25, -0.2) is 12.7 Å². The van der Waals surface area contributed by atoms with Gasteiger partial charge in [-0.3, -0.25) is 0 Å². The van der Waals surface area contributed by atoms with E-state index >= 15 is 0 Å². The zero-order chi connectivity index (χ0) is 15.5. The molecule has 0 atom stereocenters. The molecule has 0 radical (unpaired) electrons. The Kier molecular flexibility index (Phi) is 5.41. The second-order valence-corrected chi connectivity index (χ2v) is 7.93. The van der Waals surface area contributed by atoms with Gasteiger partial charge in [-0.1, -0.05) is 24.3 Å². The van der Waals surface area contributed by atoms with Crippen LogP contribution >= 0.6 is 0 Å². The molecule has 118 valence electrons. The fraction of sp³-hybridized carbons (Fsp3) is 0.625. The van der Waals surface area contributed by atoms with Crippen molar-refractivity contribution in [2.75, 3.05) is 13.1 Å². The minimum Gasteiger partial charge on any atom is -0.375 e. The van der Waals surface area contributed by atoms with Crippen LogP contribution in [0, 0.1) is 6.92 Å². The lowest BCUT2D eigenvalue weighted by Crippen LogP contribution is -2.41. The Hall–Kier alpha value is -0.910. The molecule has 0 aliphatic carbocycles. The number of aryl methyl sites for hydroxylation is 1. The van der Waals surface area contributed by atoms with Crippen LogP contribution in [0.4, 0.5) is 0 Å². The highest BCUT2D eigenvalue weighted by Crippen LogP contribution is 2.21. The van der Waals surface area contributed by atoms with Gasteiger partial charge in [0.15, 0.2) is 0 Å². The van der Waals surface area contributed by atoms with E-state index in [0.717, 1.165) is 24.0 Å². The first-order chi connectivity index (χ1) is 9.88. The Labute approximate surface area is 128 Å². The van der Waals surface area contributed by atoms with Crippen LogP contribution in [0.3, 0.4) is 0 Å². The van der Waals surface area contributed by atoms with E-state index in [1.165, 1.54) is 0 Å². The van der Waals surface area contributed by atoms with Gasteiger partial charge >= 0.3 is 0 Å². The zero-order valence-electron chi connectivity index (χ0n) is 13.1. The molecule has 5 heteroatoms. The van der Waals surface area contributed by atoms with Crippen LogP contribution in [0.25, 0.3) is 0 Å². The smallest absolute Gasteiger partial charge is 0.218 e. The third-order valence-electron chi connectivity index (χ3n) is 3.86. The predicted molar refractivity (Wildman–Crippen MR) is 84.6 cm³/mol. The number of ether oxygens (including phenoxy) is 1. The minimum absolute atomic E-state index is 0.0926. The molecule has 1 aromatic rings. The fourth-order valence-corrected chi connectivity index (χ4v) is 4.36. The molecule has 0 amide bonds. The number of sulfonamides is 1. The highest BCUT2D eigenvalue weighted by molar-refractivity contribution is 7.88. The summed E-state index contributed by atoms with van der Waals surface area (Å²) in [6, 6.07) is 7.66. The van der Waals surface area contributed by atoms with Crippen LogP contribution in [-0.4, -0.2) is 38.0 Å². The third kappa shape index (κ3) is 4.53. The van der Waals surface area contributed by atoms with Crippen LogP contribution in [0.2, 0.25) is 0 Å². The number of hydrogen-bond donors (Lipinski definition) is 0. The lowest BCUT2D eigenvalue weighted by molar-refractivity contribution is -0.0168. The summed E-state index contributed by atoms with van der Waals surface area (Å²) < 4.78 is 32.4. The number of nitrogens with zero attached hydrogens (tertiary/aromatic N) is 1. The summed E-state index contributed by atoms with van der Waals surface area (Å²) in [6.45, 7) is 7.10. The quantitative estimate of drug-likeness (QED) is 0.840. The minimum atomic E-state index is -3.23. The average molecular weight is 311 g/mol. The third-order valence-corrected chi connectivity index (χ3v) is 5.69. The average Bonchev–Trinajstić information content (AvgIpc) is 2.41. The second kappa shape index (κ2) is 6.90. The SMILES string of the molecule is Cc1ccccc1CS(=O)(=O)N1CCC(OC(C)C)CC1. The maximum atomic E-state index is 12.5. The molecule has 0 saturated carbocycles. The van der Waals surface area contributed by atoms with Gasteiger partial charge in [0.25, 0.3) is 0 Å². The summed E-state index contributed by atoms with van der Waals surface area (Å²) in [4.78, 5) is 0. The van der Waals surface area contributed by atoms with Gasteiger partial charge in [-0.15, -0.1) is 0 Å². The Morgan fingerprint density at radius 2 is 1.86 bits per heavy atom. The predicted octanol–water partition coefficient (Wildman–Crippen LogP) is 2.71. The zero-order valence-corrected chi connectivity index (χ0v) is 13.9. The first-order valence-electron chi connectivity index (χ1n) is 7.56. The Morgan fingerprint density at radius 3 is 2.43 bits per heavy atom. The van der Waals surface area contributed by atoms with E-state index in [2.05, 4.69) is 0 Å². The highest BCUT2D eigenvalue weighted by atomic mass is 32.2. The van der Waals surface area contributed by atoms with Gasteiger partial charge in [0, 0.05) is 13.1 Å². The molecule has 1 heterocycles. The summed E-state index contributed by atoms with van der Waals surface area (Å²) in [7, 11) is -3.23. The first-order valence-corrected chi connectivity index (χ1v) is 9.17. The van der Waals surface area contributed by atoms with Crippen molar-refractivity contribution in [3.8, 4) is 0 Å². The lowest BCUT2D eigenvalue weighted by atomic mass is 10.1. The molecule has 0 spiro atoms.